The van der Waals surface area contributed by atoms with E-state index in [1.54, 1.807) is 37.3 Å². The van der Waals surface area contributed by atoms with E-state index in [1.807, 2.05) is 13.8 Å². The van der Waals surface area contributed by atoms with Crippen molar-refractivity contribution < 1.29 is 23.0 Å². The third-order valence-corrected chi connectivity index (χ3v) is 5.96. The first-order valence-electron chi connectivity index (χ1n) is 10.2. The number of benzene rings is 2. The van der Waals surface area contributed by atoms with Crippen LogP contribution in [0.3, 0.4) is 0 Å². The Morgan fingerprint density at radius 1 is 1.06 bits per heavy atom. The Morgan fingerprint density at radius 2 is 1.68 bits per heavy atom. The molecule has 0 aliphatic rings. The molecule has 0 bridgehead atoms. The molecule has 2 aromatic carbocycles. The molecule has 0 aliphatic heterocycles. The van der Waals surface area contributed by atoms with Gasteiger partial charge in [0.1, 0.15) is 5.75 Å². The zero-order chi connectivity index (χ0) is 22.9. The molecule has 2 rings (SSSR count). The van der Waals surface area contributed by atoms with Gasteiger partial charge in [0.25, 0.3) is 0 Å². The summed E-state index contributed by atoms with van der Waals surface area (Å²) < 4.78 is 38.2. The molecule has 3 N–H and O–H groups in total. The maximum atomic E-state index is 12.2. The average Bonchev–Trinajstić information content (AvgIpc) is 2.74. The number of phenols is 1. The number of rotatable bonds is 12. The fraction of sp³-hybridized carbons (Fsp3) is 0.409. The van der Waals surface area contributed by atoms with Crippen LogP contribution >= 0.6 is 0 Å². The third kappa shape index (κ3) is 7.05. The maximum Gasteiger partial charge on any atom is 0.211 e. The first kappa shape index (κ1) is 24.3. The summed E-state index contributed by atoms with van der Waals surface area (Å²) >= 11 is 0. The van der Waals surface area contributed by atoms with Crippen molar-refractivity contribution in [2.24, 2.45) is 0 Å². The molecule has 0 heterocycles. The number of nitrogens with one attached hydrogen (secondary N) is 2. The molecule has 9 heteroatoms. The van der Waals surface area contributed by atoms with Crippen LogP contribution < -0.4 is 19.5 Å². The van der Waals surface area contributed by atoms with Crippen molar-refractivity contribution in [1.82, 2.24) is 4.72 Å². The molecular weight excluding hydrogens is 418 g/mol. The number of phenolic OH excluding ortho intramolecular Hbond substituents is 1. The van der Waals surface area contributed by atoms with Gasteiger partial charge in [-0.15, -0.1) is 0 Å². The lowest BCUT2D eigenvalue weighted by molar-refractivity contribution is 0.285. The highest BCUT2D eigenvalue weighted by molar-refractivity contribution is 7.89. The van der Waals surface area contributed by atoms with E-state index in [9.17, 15) is 13.5 Å². The molecule has 2 aromatic rings. The van der Waals surface area contributed by atoms with E-state index in [0.717, 1.165) is 0 Å². The van der Waals surface area contributed by atoms with Crippen LogP contribution in [0, 0.1) is 11.3 Å². The van der Waals surface area contributed by atoms with Crippen molar-refractivity contribution in [3.05, 3.63) is 47.5 Å². The predicted octanol–water partition coefficient (Wildman–Crippen LogP) is 3.54. The summed E-state index contributed by atoms with van der Waals surface area (Å²) in [5.74, 6) is 0.831. The van der Waals surface area contributed by atoms with Crippen molar-refractivity contribution in [3.8, 4) is 23.3 Å². The highest BCUT2D eigenvalue weighted by Crippen LogP contribution is 2.38. The summed E-state index contributed by atoms with van der Waals surface area (Å²) in [6.45, 7) is 6.28. The number of nitriles is 1. The first-order chi connectivity index (χ1) is 14.8. The lowest BCUT2D eigenvalue weighted by atomic mass is 10.0. The Morgan fingerprint density at radius 3 is 2.23 bits per heavy atom. The van der Waals surface area contributed by atoms with Crippen molar-refractivity contribution in [2.45, 2.75) is 33.2 Å². The molecule has 1 atom stereocenters. The second-order valence-corrected chi connectivity index (χ2v) is 8.70. The van der Waals surface area contributed by atoms with Crippen molar-refractivity contribution >= 4 is 15.7 Å². The zero-order valence-corrected chi connectivity index (χ0v) is 18.8. The van der Waals surface area contributed by atoms with Gasteiger partial charge in [0.2, 0.25) is 10.0 Å². The number of ether oxygens (including phenoxy) is 2. The van der Waals surface area contributed by atoms with Crippen LogP contribution in [0.25, 0.3) is 0 Å². The van der Waals surface area contributed by atoms with Gasteiger partial charge in [-0.05, 0) is 50.6 Å². The van der Waals surface area contributed by atoms with Crippen LogP contribution in [0.15, 0.2) is 36.4 Å². The summed E-state index contributed by atoms with van der Waals surface area (Å²) in [6.07, 6.45) is 0.492. The summed E-state index contributed by atoms with van der Waals surface area (Å²) in [5.41, 5.74) is 1.63. The van der Waals surface area contributed by atoms with Crippen molar-refractivity contribution in [2.75, 3.05) is 30.8 Å². The van der Waals surface area contributed by atoms with Gasteiger partial charge in [0.15, 0.2) is 11.5 Å². The third-order valence-electron chi connectivity index (χ3n) is 4.40. The lowest BCUT2D eigenvalue weighted by Gasteiger charge is -2.23. The minimum absolute atomic E-state index is 0.00937. The van der Waals surface area contributed by atoms with E-state index in [4.69, 9.17) is 14.7 Å². The van der Waals surface area contributed by atoms with Gasteiger partial charge in [-0.3, -0.25) is 0 Å². The van der Waals surface area contributed by atoms with E-state index in [1.165, 1.54) is 6.07 Å². The van der Waals surface area contributed by atoms with Crippen molar-refractivity contribution in [3.63, 3.8) is 0 Å². The van der Waals surface area contributed by atoms with Crippen LogP contribution in [0.1, 0.15) is 44.4 Å². The van der Waals surface area contributed by atoms with E-state index in [2.05, 4.69) is 16.1 Å². The van der Waals surface area contributed by atoms with E-state index < -0.39 is 16.1 Å². The Balaban J connectivity index is 2.42. The SMILES string of the molecule is CCCS(=O)(=O)NCC(Nc1ccc(C#N)cc1)c1cc(OCC)c(OCC)cc1O. The molecule has 0 aliphatic carbocycles. The van der Waals surface area contributed by atoms with Gasteiger partial charge in [0.05, 0.1) is 36.6 Å². The number of hydrogen-bond acceptors (Lipinski definition) is 7. The Kier molecular flexibility index (Phi) is 8.97. The molecule has 0 radical (unpaired) electrons. The van der Waals surface area contributed by atoms with Crippen LogP contribution in [-0.4, -0.2) is 39.0 Å². The summed E-state index contributed by atoms with van der Waals surface area (Å²) in [6, 6.07) is 11.3. The second-order valence-electron chi connectivity index (χ2n) is 6.78. The molecule has 0 saturated heterocycles. The maximum absolute atomic E-state index is 12.2. The van der Waals surface area contributed by atoms with Gasteiger partial charge in [0, 0.05) is 23.9 Å². The second kappa shape index (κ2) is 11.4. The standard InChI is InChI=1S/C22H29N3O5S/c1-4-11-31(27,28)24-15-19(25-17-9-7-16(14-23)8-10-17)18-12-21(29-5-2)22(30-6-3)13-20(18)26/h7-10,12-13,19,24-26H,4-6,11,15H2,1-3H3. The van der Waals surface area contributed by atoms with Crippen LogP contribution in [-0.2, 0) is 10.0 Å². The smallest absolute Gasteiger partial charge is 0.211 e. The number of sulfonamides is 1. The summed E-state index contributed by atoms with van der Waals surface area (Å²) in [7, 11) is -3.46. The van der Waals surface area contributed by atoms with Crippen molar-refractivity contribution in [1.29, 1.82) is 5.26 Å². The number of anilines is 1. The van der Waals surface area contributed by atoms with E-state index in [0.29, 0.717) is 47.9 Å². The van der Waals surface area contributed by atoms with Gasteiger partial charge in [-0.2, -0.15) is 5.26 Å². The van der Waals surface area contributed by atoms with Gasteiger partial charge in [-0.1, -0.05) is 6.92 Å². The minimum Gasteiger partial charge on any atom is -0.507 e. The highest BCUT2D eigenvalue weighted by atomic mass is 32.2. The largest absolute Gasteiger partial charge is 0.507 e. The molecule has 0 amide bonds. The molecule has 0 aromatic heterocycles. The van der Waals surface area contributed by atoms with Gasteiger partial charge < -0.3 is 19.9 Å². The molecule has 168 valence electrons. The van der Waals surface area contributed by atoms with Crippen LogP contribution in [0.2, 0.25) is 0 Å². The Bertz CT molecular complexity index is 1000. The fourth-order valence-corrected chi connectivity index (χ4v) is 4.12. The first-order valence-corrected chi connectivity index (χ1v) is 11.8. The molecule has 8 nitrogen and oxygen atoms in total. The molecular formula is C22H29N3O5S. The summed E-state index contributed by atoms with van der Waals surface area (Å²) in [5, 5.41) is 22.9. The molecule has 0 fully saturated rings. The van der Waals surface area contributed by atoms with Gasteiger partial charge in [-0.25, -0.2) is 13.1 Å². The summed E-state index contributed by atoms with van der Waals surface area (Å²) in [4.78, 5) is 0. The average molecular weight is 448 g/mol. The molecule has 1 unspecified atom stereocenters. The van der Waals surface area contributed by atoms with Crippen LogP contribution in [0.4, 0.5) is 5.69 Å². The molecule has 0 spiro atoms. The quantitative estimate of drug-likeness (QED) is 0.455. The Hall–Kier alpha value is -2.96. The molecule has 0 saturated carbocycles. The number of nitrogens with zero attached hydrogens (tertiary/aromatic N) is 1. The Labute approximate surface area is 183 Å². The molecule has 31 heavy (non-hydrogen) atoms. The number of hydrogen-bond donors (Lipinski definition) is 3. The minimum atomic E-state index is -3.46. The van der Waals surface area contributed by atoms with Crippen LogP contribution in [0.5, 0.6) is 17.2 Å². The fourth-order valence-electron chi connectivity index (χ4n) is 3.01. The zero-order valence-electron chi connectivity index (χ0n) is 18.0. The normalized spacial score (nSPS) is 12.1. The predicted molar refractivity (Wildman–Crippen MR) is 120 cm³/mol. The highest BCUT2D eigenvalue weighted by Gasteiger charge is 2.22. The van der Waals surface area contributed by atoms with Gasteiger partial charge >= 0.3 is 0 Å². The van der Waals surface area contributed by atoms with E-state index >= 15 is 0 Å². The topological polar surface area (TPSA) is 121 Å². The van der Waals surface area contributed by atoms with E-state index in [-0.39, 0.29) is 18.0 Å². The monoisotopic (exact) mass is 447 g/mol. The number of aromatic hydroxyl groups is 1. The lowest BCUT2D eigenvalue weighted by Crippen LogP contribution is -2.33.